The first-order valence-electron chi connectivity index (χ1n) is 11.6. The maximum absolute atomic E-state index is 14.0. The van der Waals surface area contributed by atoms with Crippen LogP contribution in [0.15, 0.2) is 42.5 Å². The number of carbonyl (C=O) groups excluding carboxylic acids is 2. The number of carbonyl (C=O) groups is 2. The third kappa shape index (κ3) is 5.82. The van der Waals surface area contributed by atoms with Gasteiger partial charge in [-0.25, -0.2) is 22.3 Å². The Morgan fingerprint density at radius 2 is 1.66 bits per heavy atom. The number of urea groups is 1. The molecule has 3 amide bonds. The Kier molecular flexibility index (Phi) is 6.88. The molecule has 8 nitrogen and oxygen atoms in total. The van der Waals surface area contributed by atoms with E-state index in [4.69, 9.17) is 0 Å². The normalized spacial score (nSPS) is 16.8. The number of nitrogens with one attached hydrogen (secondary N) is 2. The highest BCUT2D eigenvalue weighted by Crippen LogP contribution is 2.30. The van der Waals surface area contributed by atoms with Crippen LogP contribution in [0.4, 0.5) is 14.9 Å². The molecule has 0 spiro atoms. The van der Waals surface area contributed by atoms with Crippen molar-refractivity contribution in [3.8, 4) is 0 Å². The molecule has 0 aromatic heterocycles. The molecular weight excluding hydrogens is 471 g/mol. The molecule has 1 fully saturated rings. The van der Waals surface area contributed by atoms with Crippen LogP contribution >= 0.6 is 0 Å². The van der Waals surface area contributed by atoms with Crippen molar-refractivity contribution in [3.63, 3.8) is 0 Å². The van der Waals surface area contributed by atoms with E-state index in [2.05, 4.69) is 10.0 Å². The lowest BCUT2D eigenvalue weighted by Gasteiger charge is -2.37. The Bertz CT molecular complexity index is 1220. The first-order chi connectivity index (χ1) is 16.4. The largest absolute Gasteiger partial charge is 0.341 e. The highest BCUT2D eigenvalue weighted by atomic mass is 32.2. The van der Waals surface area contributed by atoms with E-state index in [0.29, 0.717) is 30.9 Å². The van der Waals surface area contributed by atoms with Gasteiger partial charge in [-0.15, -0.1) is 0 Å². The fourth-order valence-electron chi connectivity index (χ4n) is 4.88. The molecule has 188 valence electrons. The molecule has 4 rings (SSSR count). The van der Waals surface area contributed by atoms with E-state index in [0.717, 1.165) is 30.2 Å². The van der Waals surface area contributed by atoms with Crippen molar-refractivity contribution in [2.24, 2.45) is 0 Å². The molecule has 2 heterocycles. The van der Waals surface area contributed by atoms with Crippen molar-refractivity contribution in [2.75, 3.05) is 24.7 Å². The summed E-state index contributed by atoms with van der Waals surface area (Å²) < 4.78 is 39.5. The summed E-state index contributed by atoms with van der Waals surface area (Å²) in [5, 5.41) is 2.88. The minimum Gasteiger partial charge on any atom is -0.341 e. The van der Waals surface area contributed by atoms with Gasteiger partial charge in [0.15, 0.2) is 0 Å². The predicted octanol–water partition coefficient (Wildman–Crippen LogP) is 3.41. The number of fused-ring (bicyclic) bond motifs is 1. The summed E-state index contributed by atoms with van der Waals surface area (Å²) >= 11 is 0. The Balaban J connectivity index is 1.30. The third-order valence-corrected chi connectivity index (χ3v) is 7.49. The zero-order valence-electron chi connectivity index (χ0n) is 20.2. The van der Waals surface area contributed by atoms with Gasteiger partial charge in [0.25, 0.3) is 0 Å². The van der Waals surface area contributed by atoms with Gasteiger partial charge >= 0.3 is 6.03 Å². The number of benzene rings is 2. The van der Waals surface area contributed by atoms with Crippen LogP contribution in [0.25, 0.3) is 0 Å². The topological polar surface area (TPSA) is 98.8 Å². The number of amides is 3. The van der Waals surface area contributed by atoms with E-state index in [1.165, 1.54) is 6.07 Å². The van der Waals surface area contributed by atoms with Crippen LogP contribution < -0.4 is 10.0 Å². The van der Waals surface area contributed by atoms with E-state index in [1.807, 2.05) is 30.3 Å². The number of rotatable bonds is 5. The molecule has 2 N–H and O–H groups in total. The quantitative estimate of drug-likeness (QED) is 0.655. The van der Waals surface area contributed by atoms with E-state index >= 15 is 0 Å². The zero-order valence-corrected chi connectivity index (χ0v) is 21.0. The number of hydrogen-bond acceptors (Lipinski definition) is 4. The summed E-state index contributed by atoms with van der Waals surface area (Å²) in [6.07, 6.45) is 2.58. The molecule has 10 heteroatoms. The summed E-state index contributed by atoms with van der Waals surface area (Å²) in [5.74, 6) is -0.251. The van der Waals surface area contributed by atoms with Gasteiger partial charge < -0.3 is 15.1 Å². The van der Waals surface area contributed by atoms with E-state index in [1.54, 1.807) is 29.7 Å². The Hall–Kier alpha value is -2.98. The SMILES string of the molecule is CC(C)(NS(C)(=O)=O)C(=O)N1CCC(c2ccc(NC(=O)N3Cc4cccc(F)c4C3)cc2)CC1. The maximum atomic E-state index is 14.0. The summed E-state index contributed by atoms with van der Waals surface area (Å²) in [7, 11) is -3.50. The second-order valence-electron chi connectivity index (χ2n) is 9.85. The van der Waals surface area contributed by atoms with Crippen LogP contribution in [0, 0.1) is 5.82 Å². The van der Waals surface area contributed by atoms with E-state index < -0.39 is 15.6 Å². The third-order valence-electron chi connectivity index (χ3n) is 6.60. The van der Waals surface area contributed by atoms with Crippen molar-refractivity contribution >= 4 is 27.6 Å². The number of sulfonamides is 1. The lowest BCUT2D eigenvalue weighted by Crippen LogP contribution is -2.56. The Morgan fingerprint density at radius 3 is 2.26 bits per heavy atom. The number of nitrogens with zero attached hydrogens (tertiary/aromatic N) is 2. The molecule has 2 aliphatic rings. The summed E-state index contributed by atoms with van der Waals surface area (Å²) in [5.41, 5.74) is 1.99. The van der Waals surface area contributed by atoms with Crippen molar-refractivity contribution in [1.82, 2.24) is 14.5 Å². The molecule has 0 unspecified atom stereocenters. The second-order valence-corrected chi connectivity index (χ2v) is 11.6. The molecule has 0 saturated carbocycles. The van der Waals surface area contributed by atoms with E-state index in [-0.39, 0.29) is 30.2 Å². The number of hydrogen-bond donors (Lipinski definition) is 2. The van der Waals surface area contributed by atoms with Gasteiger partial charge in [0.1, 0.15) is 11.4 Å². The molecular formula is C25H31FN4O4S. The molecule has 0 aliphatic carbocycles. The van der Waals surface area contributed by atoms with Crippen molar-refractivity contribution in [2.45, 2.75) is 51.2 Å². The number of halogens is 1. The highest BCUT2D eigenvalue weighted by Gasteiger charge is 2.36. The lowest BCUT2D eigenvalue weighted by molar-refractivity contribution is -0.137. The first kappa shape index (κ1) is 25.1. The van der Waals surface area contributed by atoms with E-state index in [9.17, 15) is 22.4 Å². The molecule has 2 aromatic rings. The second kappa shape index (κ2) is 9.58. The van der Waals surface area contributed by atoms with Crippen molar-refractivity contribution in [1.29, 1.82) is 0 Å². The lowest BCUT2D eigenvalue weighted by atomic mass is 9.88. The molecule has 1 saturated heterocycles. The van der Waals surface area contributed by atoms with Gasteiger partial charge in [0.2, 0.25) is 15.9 Å². The smallest absolute Gasteiger partial charge is 0.322 e. The standard InChI is InChI=1S/C25H31FN4O4S/c1-25(2,28-35(3,33)34)23(31)29-13-11-18(12-14-29)17-7-9-20(10-8-17)27-24(32)30-15-19-5-4-6-22(26)21(19)16-30/h4-10,18,28H,11-16H2,1-3H3,(H,27,32). The van der Waals surface area contributed by atoms with Gasteiger partial charge in [0.05, 0.1) is 12.8 Å². The van der Waals surface area contributed by atoms with Gasteiger partial charge in [-0.05, 0) is 61.9 Å². The molecule has 0 radical (unpaired) electrons. The van der Waals surface area contributed by atoms with Crippen LogP contribution in [-0.2, 0) is 27.9 Å². The number of anilines is 1. The summed E-state index contributed by atoms with van der Waals surface area (Å²) in [6, 6.07) is 12.3. The molecule has 0 bridgehead atoms. The first-order valence-corrected chi connectivity index (χ1v) is 13.5. The highest BCUT2D eigenvalue weighted by molar-refractivity contribution is 7.88. The fourth-order valence-corrected chi connectivity index (χ4v) is 5.90. The zero-order chi connectivity index (χ0) is 25.4. The van der Waals surface area contributed by atoms with Gasteiger partial charge in [-0.3, -0.25) is 4.79 Å². The van der Waals surface area contributed by atoms with Gasteiger partial charge in [-0.1, -0.05) is 24.3 Å². The molecule has 2 aliphatic heterocycles. The predicted molar refractivity (Wildman–Crippen MR) is 132 cm³/mol. The summed E-state index contributed by atoms with van der Waals surface area (Å²) in [6.45, 7) is 4.87. The minimum absolute atomic E-state index is 0.233. The molecule has 2 aromatic carbocycles. The fraction of sp³-hybridized carbons (Fsp3) is 0.440. The van der Waals surface area contributed by atoms with Crippen LogP contribution in [-0.4, -0.2) is 55.0 Å². The van der Waals surface area contributed by atoms with Gasteiger partial charge in [-0.2, -0.15) is 0 Å². The van der Waals surface area contributed by atoms with Gasteiger partial charge in [0, 0.05) is 30.9 Å². The van der Waals surface area contributed by atoms with Crippen LogP contribution in [0.2, 0.25) is 0 Å². The number of piperidine rings is 1. The number of likely N-dealkylation sites (tertiary alicyclic amines) is 1. The average Bonchev–Trinajstić information content (AvgIpc) is 3.24. The minimum atomic E-state index is -3.50. The van der Waals surface area contributed by atoms with Crippen LogP contribution in [0.3, 0.4) is 0 Å². The Labute approximate surface area is 205 Å². The van der Waals surface area contributed by atoms with Crippen molar-refractivity contribution in [3.05, 3.63) is 65.0 Å². The monoisotopic (exact) mass is 502 g/mol. The molecule has 35 heavy (non-hydrogen) atoms. The molecule has 0 atom stereocenters. The average molecular weight is 503 g/mol. The maximum Gasteiger partial charge on any atom is 0.322 e. The Morgan fingerprint density at radius 1 is 1.00 bits per heavy atom. The van der Waals surface area contributed by atoms with Crippen LogP contribution in [0.5, 0.6) is 0 Å². The van der Waals surface area contributed by atoms with Crippen LogP contribution in [0.1, 0.15) is 49.3 Å². The van der Waals surface area contributed by atoms with Crippen molar-refractivity contribution < 1.29 is 22.4 Å². The summed E-state index contributed by atoms with van der Waals surface area (Å²) in [4.78, 5) is 28.8.